The summed E-state index contributed by atoms with van der Waals surface area (Å²) >= 11 is 0. The third kappa shape index (κ3) is 4.08. The normalized spacial score (nSPS) is 18.7. The second-order valence-corrected chi connectivity index (χ2v) is 7.89. The molecule has 1 aromatic carbocycles. The molecule has 0 unspecified atom stereocenters. The first-order valence-corrected chi connectivity index (χ1v) is 9.99. The predicted molar refractivity (Wildman–Crippen MR) is 110 cm³/mol. The summed E-state index contributed by atoms with van der Waals surface area (Å²) in [6.07, 6.45) is 2.17. The van der Waals surface area contributed by atoms with Gasteiger partial charge in [-0.05, 0) is 38.3 Å². The van der Waals surface area contributed by atoms with Crippen LogP contribution in [0.15, 0.2) is 27.4 Å². The van der Waals surface area contributed by atoms with E-state index in [2.05, 4.69) is 5.32 Å². The number of benzene rings is 1. The largest absolute Gasteiger partial charge is 0.459 e. The topological polar surface area (TPSA) is 106 Å². The zero-order valence-corrected chi connectivity index (χ0v) is 17.7. The number of carbonyl (C=O) groups excluding carboxylic acids is 3. The lowest BCUT2D eigenvalue weighted by Gasteiger charge is -2.21. The van der Waals surface area contributed by atoms with Crippen LogP contribution in [-0.2, 0) is 20.9 Å². The summed E-state index contributed by atoms with van der Waals surface area (Å²) in [6, 6.07) is 4.38. The molecule has 0 saturated carbocycles. The van der Waals surface area contributed by atoms with E-state index in [-0.39, 0.29) is 6.61 Å². The number of nitrogens with zero attached hydrogens (tertiary/aromatic N) is 1. The van der Waals surface area contributed by atoms with Gasteiger partial charge in [-0.3, -0.25) is 14.5 Å². The fourth-order valence-electron chi connectivity index (χ4n) is 3.57. The molecule has 1 aliphatic rings. The lowest BCUT2D eigenvalue weighted by atomic mass is 9.95. The summed E-state index contributed by atoms with van der Waals surface area (Å²) in [5, 5.41) is 3.34. The molecule has 2 aromatic rings. The van der Waals surface area contributed by atoms with Crippen LogP contribution in [0.4, 0.5) is 4.79 Å². The minimum Gasteiger partial charge on any atom is -0.459 e. The summed E-state index contributed by atoms with van der Waals surface area (Å²) < 4.78 is 10.6. The van der Waals surface area contributed by atoms with E-state index in [1.165, 1.54) is 6.07 Å². The van der Waals surface area contributed by atoms with Gasteiger partial charge in [0.1, 0.15) is 24.3 Å². The van der Waals surface area contributed by atoms with Gasteiger partial charge in [0.2, 0.25) is 0 Å². The first-order chi connectivity index (χ1) is 14.2. The third-order valence-corrected chi connectivity index (χ3v) is 5.57. The molecule has 2 heterocycles. The summed E-state index contributed by atoms with van der Waals surface area (Å²) in [5.74, 6) is -1.17. The summed E-state index contributed by atoms with van der Waals surface area (Å²) in [6.45, 7) is 6.77. The number of fused-ring (bicyclic) bond motifs is 1. The Balaban J connectivity index is 1.71. The van der Waals surface area contributed by atoms with Gasteiger partial charge in [-0.15, -0.1) is 0 Å². The predicted octanol–water partition coefficient (Wildman–Crippen LogP) is 2.95. The highest BCUT2D eigenvalue weighted by Gasteiger charge is 2.47. The van der Waals surface area contributed by atoms with Gasteiger partial charge in [-0.1, -0.05) is 31.9 Å². The van der Waals surface area contributed by atoms with E-state index in [1.807, 2.05) is 26.8 Å². The van der Waals surface area contributed by atoms with Gasteiger partial charge < -0.3 is 14.5 Å². The van der Waals surface area contributed by atoms with Crippen LogP contribution in [0.2, 0.25) is 0 Å². The highest BCUT2D eigenvalue weighted by molar-refractivity contribution is 6.08. The van der Waals surface area contributed by atoms with E-state index < -0.39 is 35.6 Å². The SMILES string of the molecule is CCCC[C@]1(C)NC(=O)N(CC(=O)OCc2cc(=O)oc3c(C)c(C)ccc23)C1=O. The van der Waals surface area contributed by atoms with Crippen molar-refractivity contribution in [3.8, 4) is 0 Å². The highest BCUT2D eigenvalue weighted by atomic mass is 16.5. The van der Waals surface area contributed by atoms with E-state index in [9.17, 15) is 19.2 Å². The van der Waals surface area contributed by atoms with Gasteiger partial charge in [0.15, 0.2) is 0 Å². The smallest absolute Gasteiger partial charge is 0.336 e. The van der Waals surface area contributed by atoms with E-state index in [0.717, 1.165) is 28.9 Å². The Morgan fingerprint density at radius 3 is 2.67 bits per heavy atom. The second kappa shape index (κ2) is 8.30. The number of unbranched alkanes of at least 4 members (excludes halogenated alkanes) is 1. The lowest BCUT2D eigenvalue weighted by Crippen LogP contribution is -2.44. The van der Waals surface area contributed by atoms with Crippen LogP contribution in [0.25, 0.3) is 11.0 Å². The van der Waals surface area contributed by atoms with E-state index in [4.69, 9.17) is 9.15 Å². The number of ether oxygens (including phenoxy) is 1. The molecule has 0 bridgehead atoms. The van der Waals surface area contributed by atoms with Crippen molar-refractivity contribution >= 4 is 28.9 Å². The van der Waals surface area contributed by atoms with E-state index in [0.29, 0.717) is 23.0 Å². The van der Waals surface area contributed by atoms with Gasteiger partial charge in [0.05, 0.1) is 0 Å². The van der Waals surface area contributed by atoms with Crippen LogP contribution in [0.3, 0.4) is 0 Å². The Kier molecular flexibility index (Phi) is 5.96. The third-order valence-electron chi connectivity index (χ3n) is 5.57. The Labute approximate surface area is 174 Å². The van der Waals surface area contributed by atoms with Crippen LogP contribution in [0, 0.1) is 13.8 Å². The van der Waals surface area contributed by atoms with Crippen LogP contribution in [0.1, 0.15) is 49.8 Å². The summed E-state index contributed by atoms with van der Waals surface area (Å²) in [7, 11) is 0. The first-order valence-electron chi connectivity index (χ1n) is 9.99. The summed E-state index contributed by atoms with van der Waals surface area (Å²) in [4.78, 5) is 50.0. The van der Waals surface area contributed by atoms with Crippen molar-refractivity contribution in [1.29, 1.82) is 0 Å². The molecule has 1 aromatic heterocycles. The molecular formula is C22H26N2O6. The highest BCUT2D eigenvalue weighted by Crippen LogP contribution is 2.25. The molecule has 1 fully saturated rings. The number of amides is 3. The number of imide groups is 1. The van der Waals surface area contributed by atoms with Gasteiger partial charge in [0, 0.05) is 17.0 Å². The number of urea groups is 1. The molecule has 1 N–H and O–H groups in total. The molecule has 8 nitrogen and oxygen atoms in total. The number of hydrogen-bond donors (Lipinski definition) is 1. The van der Waals surface area contributed by atoms with Crippen LogP contribution < -0.4 is 10.9 Å². The van der Waals surface area contributed by atoms with Crippen molar-refractivity contribution in [2.24, 2.45) is 0 Å². The molecule has 1 saturated heterocycles. The summed E-state index contributed by atoms with van der Waals surface area (Å²) in [5.41, 5.74) is 1.23. The number of esters is 1. The number of carbonyl (C=O) groups is 3. The van der Waals surface area contributed by atoms with Crippen molar-refractivity contribution in [3.63, 3.8) is 0 Å². The molecule has 1 atom stereocenters. The van der Waals surface area contributed by atoms with Crippen molar-refractivity contribution in [3.05, 3.63) is 45.3 Å². The zero-order chi connectivity index (χ0) is 22.1. The fourth-order valence-corrected chi connectivity index (χ4v) is 3.57. The zero-order valence-electron chi connectivity index (χ0n) is 17.7. The Bertz CT molecular complexity index is 1070. The molecule has 3 amide bonds. The first kappa shape index (κ1) is 21.5. The van der Waals surface area contributed by atoms with Crippen molar-refractivity contribution in [2.45, 2.75) is 59.1 Å². The Morgan fingerprint density at radius 1 is 1.23 bits per heavy atom. The van der Waals surface area contributed by atoms with Crippen LogP contribution in [-0.4, -0.2) is 34.9 Å². The maximum Gasteiger partial charge on any atom is 0.336 e. The van der Waals surface area contributed by atoms with E-state index in [1.54, 1.807) is 13.0 Å². The molecule has 1 aliphatic heterocycles. The minimum absolute atomic E-state index is 0.166. The van der Waals surface area contributed by atoms with Crippen LogP contribution in [0.5, 0.6) is 0 Å². The van der Waals surface area contributed by atoms with E-state index >= 15 is 0 Å². The molecule has 30 heavy (non-hydrogen) atoms. The minimum atomic E-state index is -1.00. The quantitative estimate of drug-likeness (QED) is 0.424. The fraction of sp³-hybridized carbons (Fsp3) is 0.455. The van der Waals surface area contributed by atoms with Crippen LogP contribution >= 0.6 is 0 Å². The maximum atomic E-state index is 12.6. The van der Waals surface area contributed by atoms with Gasteiger partial charge in [-0.25, -0.2) is 9.59 Å². The lowest BCUT2D eigenvalue weighted by molar-refractivity contribution is -0.148. The molecule has 0 spiro atoms. The molecule has 0 radical (unpaired) electrons. The average molecular weight is 414 g/mol. The second-order valence-electron chi connectivity index (χ2n) is 7.89. The van der Waals surface area contributed by atoms with Crippen molar-refractivity contribution < 1.29 is 23.5 Å². The molecule has 3 rings (SSSR count). The number of rotatable bonds is 7. The van der Waals surface area contributed by atoms with Gasteiger partial charge in [-0.2, -0.15) is 0 Å². The number of aryl methyl sites for hydroxylation is 2. The van der Waals surface area contributed by atoms with Crippen molar-refractivity contribution in [1.82, 2.24) is 10.2 Å². The molecule has 8 heteroatoms. The monoisotopic (exact) mass is 414 g/mol. The molecule has 0 aliphatic carbocycles. The standard InChI is InChI=1S/C22H26N2O6/c1-5-6-9-22(4)20(27)24(21(28)23-22)11-18(26)29-12-15-10-17(25)30-19-14(3)13(2)7-8-16(15)19/h7-8,10H,5-6,9,11-12H2,1-4H3,(H,23,28)/t22-/m0/s1. The van der Waals surface area contributed by atoms with Gasteiger partial charge in [0.25, 0.3) is 5.91 Å². The number of nitrogens with one attached hydrogen (secondary N) is 1. The Hall–Kier alpha value is -3.16. The van der Waals surface area contributed by atoms with Gasteiger partial charge >= 0.3 is 17.6 Å². The average Bonchev–Trinajstić information content (AvgIpc) is 2.91. The Morgan fingerprint density at radius 2 is 1.97 bits per heavy atom. The molecule has 160 valence electrons. The number of hydrogen-bond acceptors (Lipinski definition) is 6. The maximum absolute atomic E-state index is 12.6. The van der Waals surface area contributed by atoms with Crippen molar-refractivity contribution in [2.75, 3.05) is 6.54 Å². The molecular weight excluding hydrogens is 388 g/mol.